The second-order valence-electron chi connectivity index (χ2n) is 6.15. The highest BCUT2D eigenvalue weighted by atomic mass is 32.2. The van der Waals surface area contributed by atoms with Crippen LogP contribution in [0.15, 0.2) is 30.3 Å². The minimum absolute atomic E-state index is 0.0221. The minimum Gasteiger partial charge on any atom is -0.383 e. The molecule has 2 N–H and O–H groups in total. The van der Waals surface area contributed by atoms with Crippen LogP contribution in [0.5, 0.6) is 0 Å². The highest BCUT2D eigenvalue weighted by Crippen LogP contribution is 2.17. The maximum Gasteiger partial charge on any atom is 0.234 e. The number of sulfonamides is 1. The number of benzene rings is 1. The van der Waals surface area contributed by atoms with Crippen molar-refractivity contribution in [3.63, 3.8) is 0 Å². The van der Waals surface area contributed by atoms with Gasteiger partial charge in [-0.2, -0.15) is 0 Å². The highest BCUT2D eigenvalue weighted by Gasteiger charge is 2.28. The molecule has 1 amide bonds. The summed E-state index contributed by atoms with van der Waals surface area (Å²) in [5.74, 6) is -0.0458. The lowest BCUT2D eigenvalue weighted by atomic mass is 10.1. The summed E-state index contributed by atoms with van der Waals surface area (Å²) in [6, 6.07) is 9.22. The van der Waals surface area contributed by atoms with Crippen molar-refractivity contribution in [1.29, 1.82) is 0 Å². The number of ether oxygens (including phenoxy) is 1. The summed E-state index contributed by atoms with van der Waals surface area (Å²) in [5.41, 5.74) is 0.792. The van der Waals surface area contributed by atoms with E-state index in [1.807, 2.05) is 30.3 Å². The molecule has 140 valence electrons. The number of nitrogens with zero attached hydrogens (tertiary/aromatic N) is 1. The number of hydrogen-bond donors (Lipinski definition) is 2. The van der Waals surface area contributed by atoms with E-state index >= 15 is 0 Å². The SMILES string of the molecule is COCCNCC(=O)NC1CCN(S(=O)(=O)Cc2ccccc2)CC1. The van der Waals surface area contributed by atoms with Crippen LogP contribution in [0.1, 0.15) is 18.4 Å². The Bertz CT molecular complexity index is 629. The lowest BCUT2D eigenvalue weighted by molar-refractivity contribution is -0.121. The van der Waals surface area contributed by atoms with E-state index in [1.54, 1.807) is 7.11 Å². The molecule has 0 aliphatic carbocycles. The van der Waals surface area contributed by atoms with E-state index in [-0.39, 0.29) is 24.2 Å². The number of hydrogen-bond acceptors (Lipinski definition) is 5. The van der Waals surface area contributed by atoms with Crippen LogP contribution in [0.2, 0.25) is 0 Å². The van der Waals surface area contributed by atoms with E-state index in [1.165, 1.54) is 4.31 Å². The number of amides is 1. The molecule has 1 aliphatic rings. The first-order chi connectivity index (χ1) is 12.0. The molecular formula is C17H27N3O4S. The van der Waals surface area contributed by atoms with Gasteiger partial charge in [-0.25, -0.2) is 12.7 Å². The van der Waals surface area contributed by atoms with Crippen molar-refractivity contribution >= 4 is 15.9 Å². The van der Waals surface area contributed by atoms with Crippen LogP contribution in [0.3, 0.4) is 0 Å². The molecule has 1 aliphatic heterocycles. The average molecular weight is 369 g/mol. The fraction of sp³-hybridized carbons (Fsp3) is 0.588. The Balaban J connectivity index is 1.74. The molecule has 25 heavy (non-hydrogen) atoms. The van der Waals surface area contributed by atoms with E-state index in [9.17, 15) is 13.2 Å². The summed E-state index contributed by atoms with van der Waals surface area (Å²) < 4.78 is 31.4. The average Bonchev–Trinajstić information content (AvgIpc) is 2.60. The van der Waals surface area contributed by atoms with Crippen molar-refractivity contribution in [2.24, 2.45) is 0 Å². The zero-order valence-corrected chi connectivity index (χ0v) is 15.4. The molecule has 0 bridgehead atoms. The number of carbonyl (C=O) groups is 1. The molecule has 1 saturated heterocycles. The largest absolute Gasteiger partial charge is 0.383 e. The van der Waals surface area contributed by atoms with Crippen LogP contribution in [-0.4, -0.2) is 64.6 Å². The molecule has 1 fully saturated rings. The predicted octanol–water partition coefficient (Wildman–Crippen LogP) is 0.333. The molecule has 2 rings (SSSR count). The molecule has 0 unspecified atom stereocenters. The molecule has 1 aromatic rings. The van der Waals surface area contributed by atoms with Crippen molar-refractivity contribution in [3.8, 4) is 0 Å². The molecule has 0 aromatic heterocycles. The summed E-state index contributed by atoms with van der Waals surface area (Å²) in [7, 11) is -1.70. The van der Waals surface area contributed by atoms with Crippen LogP contribution < -0.4 is 10.6 Å². The predicted molar refractivity (Wildman–Crippen MR) is 96.5 cm³/mol. The lowest BCUT2D eigenvalue weighted by Gasteiger charge is -2.31. The highest BCUT2D eigenvalue weighted by molar-refractivity contribution is 7.88. The van der Waals surface area contributed by atoms with Gasteiger partial charge in [-0.15, -0.1) is 0 Å². The second-order valence-corrected chi connectivity index (χ2v) is 8.12. The van der Waals surface area contributed by atoms with Gasteiger partial charge in [0.2, 0.25) is 15.9 Å². The third-order valence-corrected chi connectivity index (χ3v) is 6.02. The van der Waals surface area contributed by atoms with Gasteiger partial charge in [0, 0.05) is 32.8 Å². The van der Waals surface area contributed by atoms with Crippen molar-refractivity contribution in [3.05, 3.63) is 35.9 Å². The van der Waals surface area contributed by atoms with Crippen molar-refractivity contribution < 1.29 is 17.9 Å². The first kappa shape index (κ1) is 19.8. The number of piperidine rings is 1. The Morgan fingerprint density at radius 2 is 1.92 bits per heavy atom. The monoisotopic (exact) mass is 369 g/mol. The molecular weight excluding hydrogens is 342 g/mol. The Morgan fingerprint density at radius 1 is 1.24 bits per heavy atom. The maximum absolute atomic E-state index is 12.5. The van der Waals surface area contributed by atoms with Gasteiger partial charge in [0.05, 0.1) is 18.9 Å². The van der Waals surface area contributed by atoms with E-state index in [0.29, 0.717) is 39.1 Å². The van der Waals surface area contributed by atoms with E-state index in [4.69, 9.17) is 4.74 Å². The quantitative estimate of drug-likeness (QED) is 0.613. The fourth-order valence-electron chi connectivity index (χ4n) is 2.81. The van der Waals surface area contributed by atoms with Gasteiger partial charge in [-0.1, -0.05) is 30.3 Å². The van der Waals surface area contributed by atoms with Crippen LogP contribution in [0, 0.1) is 0 Å². The molecule has 0 atom stereocenters. The maximum atomic E-state index is 12.5. The van der Waals surface area contributed by atoms with Gasteiger partial charge in [0.25, 0.3) is 0 Å². The normalized spacial score (nSPS) is 16.7. The Labute approximate surface area is 149 Å². The fourth-order valence-corrected chi connectivity index (χ4v) is 4.37. The molecule has 1 heterocycles. The zero-order valence-electron chi connectivity index (χ0n) is 14.6. The zero-order chi connectivity index (χ0) is 18.1. The molecule has 1 aromatic carbocycles. The Kier molecular flexibility index (Phi) is 7.83. The molecule has 0 saturated carbocycles. The number of carbonyl (C=O) groups excluding carboxylic acids is 1. The third kappa shape index (κ3) is 6.74. The van der Waals surface area contributed by atoms with Crippen LogP contribution in [-0.2, 0) is 25.3 Å². The number of methoxy groups -OCH3 is 1. The van der Waals surface area contributed by atoms with Crippen molar-refractivity contribution in [2.45, 2.75) is 24.6 Å². The first-order valence-corrected chi connectivity index (χ1v) is 10.1. The van der Waals surface area contributed by atoms with Crippen molar-refractivity contribution in [1.82, 2.24) is 14.9 Å². The van der Waals surface area contributed by atoms with Gasteiger partial charge in [-0.3, -0.25) is 4.79 Å². The van der Waals surface area contributed by atoms with Crippen LogP contribution in [0.25, 0.3) is 0 Å². The van der Waals surface area contributed by atoms with Crippen LogP contribution in [0.4, 0.5) is 0 Å². The van der Waals surface area contributed by atoms with Gasteiger partial charge in [0.15, 0.2) is 0 Å². The molecule has 7 nitrogen and oxygen atoms in total. The standard InChI is InChI=1S/C17H27N3O4S/c1-24-12-9-18-13-17(21)19-16-7-10-20(11-8-16)25(22,23)14-15-5-3-2-4-6-15/h2-6,16,18H,7-14H2,1H3,(H,19,21). The van der Waals surface area contributed by atoms with E-state index < -0.39 is 10.0 Å². The van der Waals surface area contributed by atoms with Crippen molar-refractivity contribution in [2.75, 3.05) is 39.9 Å². The van der Waals surface area contributed by atoms with Gasteiger partial charge < -0.3 is 15.4 Å². The lowest BCUT2D eigenvalue weighted by Crippen LogP contribution is -2.48. The summed E-state index contributed by atoms with van der Waals surface area (Å²) in [5, 5.41) is 5.95. The Morgan fingerprint density at radius 3 is 2.56 bits per heavy atom. The number of nitrogens with one attached hydrogen (secondary N) is 2. The summed E-state index contributed by atoms with van der Waals surface area (Å²) in [6.07, 6.45) is 1.27. The van der Waals surface area contributed by atoms with E-state index in [2.05, 4.69) is 10.6 Å². The third-order valence-electron chi connectivity index (χ3n) is 4.17. The van der Waals surface area contributed by atoms with Crippen LogP contribution >= 0.6 is 0 Å². The Hall–Kier alpha value is -1.48. The summed E-state index contributed by atoms with van der Waals surface area (Å²) in [4.78, 5) is 11.8. The smallest absolute Gasteiger partial charge is 0.234 e. The van der Waals surface area contributed by atoms with Gasteiger partial charge in [-0.05, 0) is 18.4 Å². The molecule has 0 radical (unpaired) electrons. The van der Waals surface area contributed by atoms with E-state index in [0.717, 1.165) is 5.56 Å². The number of rotatable bonds is 9. The molecule has 0 spiro atoms. The summed E-state index contributed by atoms with van der Waals surface area (Å²) in [6.45, 7) is 2.31. The minimum atomic E-state index is -3.31. The second kappa shape index (κ2) is 9.86. The topological polar surface area (TPSA) is 87.7 Å². The molecule has 8 heteroatoms. The summed E-state index contributed by atoms with van der Waals surface area (Å²) >= 11 is 0. The first-order valence-electron chi connectivity index (χ1n) is 8.52. The van der Waals surface area contributed by atoms with Gasteiger partial charge >= 0.3 is 0 Å². The van der Waals surface area contributed by atoms with Gasteiger partial charge in [0.1, 0.15) is 0 Å².